The van der Waals surface area contributed by atoms with Crippen molar-refractivity contribution >= 4 is 28.2 Å². The van der Waals surface area contributed by atoms with Crippen molar-refractivity contribution in [3.05, 3.63) is 16.0 Å². The quantitative estimate of drug-likeness (QED) is 0.827. The van der Waals surface area contributed by atoms with Crippen LogP contribution >= 0.6 is 11.3 Å². The lowest BCUT2D eigenvalue weighted by molar-refractivity contribution is -0.132. The van der Waals surface area contributed by atoms with E-state index in [-0.39, 0.29) is 11.9 Å². The molecule has 0 saturated carbocycles. The molecule has 0 bridgehead atoms. The third-order valence-electron chi connectivity index (χ3n) is 4.03. The van der Waals surface area contributed by atoms with Crippen molar-refractivity contribution in [1.82, 2.24) is 9.80 Å². The van der Waals surface area contributed by atoms with E-state index >= 15 is 0 Å². The molecule has 0 radical (unpaired) electrons. The fraction of sp³-hybridized carbons (Fsp3) is 0.600. The lowest BCUT2D eigenvalue weighted by Crippen LogP contribution is -2.42. The van der Waals surface area contributed by atoms with Crippen molar-refractivity contribution in [3.63, 3.8) is 0 Å². The number of carbonyl (C=O) groups excluding carboxylic acids is 2. The van der Waals surface area contributed by atoms with Crippen LogP contribution in [0.1, 0.15) is 34.6 Å². The minimum atomic E-state index is -0.373. The molecule has 0 aliphatic carbocycles. The Bertz CT molecular complexity index is 567. The predicted octanol–water partition coefficient (Wildman–Crippen LogP) is 1.34. The topological polar surface area (TPSA) is 75.9 Å². The van der Waals surface area contributed by atoms with Crippen LogP contribution in [0.4, 0.5) is 5.00 Å². The normalized spacial score (nSPS) is 14.5. The van der Waals surface area contributed by atoms with Gasteiger partial charge in [-0.15, -0.1) is 11.3 Å². The van der Waals surface area contributed by atoms with E-state index in [1.165, 1.54) is 18.4 Å². The maximum absolute atomic E-state index is 12.2. The zero-order valence-electron chi connectivity index (χ0n) is 13.3. The average molecular weight is 325 g/mol. The Morgan fingerprint density at radius 1 is 1.36 bits per heavy atom. The number of likely N-dealkylation sites (N-methyl/N-ethyl adjacent to an activating group) is 1. The zero-order chi connectivity index (χ0) is 16.3. The number of hydrogen-bond donors (Lipinski definition) is 1. The fourth-order valence-electron chi connectivity index (χ4n) is 2.81. The van der Waals surface area contributed by atoms with E-state index in [1.54, 1.807) is 0 Å². The van der Waals surface area contributed by atoms with Crippen LogP contribution in [0, 0.1) is 0 Å². The van der Waals surface area contributed by atoms with Crippen molar-refractivity contribution in [3.8, 4) is 0 Å². The number of fused-ring (bicyclic) bond motifs is 1. The van der Waals surface area contributed by atoms with Gasteiger partial charge in [0.25, 0.3) is 0 Å². The maximum atomic E-state index is 12.2. The number of hydrogen-bond acceptors (Lipinski definition) is 6. The van der Waals surface area contributed by atoms with E-state index in [0.717, 1.165) is 36.5 Å². The summed E-state index contributed by atoms with van der Waals surface area (Å²) in [6.45, 7) is 7.25. The largest absolute Gasteiger partial charge is 0.465 e. The van der Waals surface area contributed by atoms with Gasteiger partial charge in [-0.3, -0.25) is 9.69 Å². The highest BCUT2D eigenvalue weighted by atomic mass is 32.1. The van der Waals surface area contributed by atoms with Crippen molar-refractivity contribution in [2.75, 3.05) is 39.0 Å². The Labute approximate surface area is 134 Å². The van der Waals surface area contributed by atoms with Gasteiger partial charge in [-0.1, -0.05) is 0 Å². The molecule has 0 atom stereocenters. The number of nitrogen functional groups attached to an aromatic ring is 1. The second kappa shape index (κ2) is 7.11. The molecule has 1 aromatic rings. The second-order valence-corrected chi connectivity index (χ2v) is 6.40. The molecule has 1 aromatic heterocycles. The molecule has 1 aliphatic rings. The molecule has 1 aliphatic heterocycles. The molecule has 0 fully saturated rings. The molecule has 22 heavy (non-hydrogen) atoms. The number of anilines is 1. The standard InChI is InChI=1S/C15H23N3O3S/c1-4-18(5-2)12(19)9-17-7-6-10-11(8-17)22-14(16)13(10)15(20)21-3/h4-9,16H2,1-3H3. The third kappa shape index (κ3) is 3.25. The van der Waals surface area contributed by atoms with Crippen molar-refractivity contribution in [1.29, 1.82) is 0 Å². The number of nitrogens with two attached hydrogens (primary N) is 1. The number of carbonyl (C=O) groups is 2. The highest BCUT2D eigenvalue weighted by molar-refractivity contribution is 7.16. The van der Waals surface area contributed by atoms with Gasteiger partial charge in [0, 0.05) is 31.1 Å². The number of thiophene rings is 1. The van der Waals surface area contributed by atoms with Gasteiger partial charge in [-0.2, -0.15) is 0 Å². The van der Waals surface area contributed by atoms with Gasteiger partial charge in [-0.05, 0) is 25.8 Å². The molecule has 0 aromatic carbocycles. The van der Waals surface area contributed by atoms with Crippen LogP contribution in [0.5, 0.6) is 0 Å². The predicted molar refractivity (Wildman–Crippen MR) is 87.0 cm³/mol. The first kappa shape index (κ1) is 16.8. The van der Waals surface area contributed by atoms with Gasteiger partial charge in [0.2, 0.25) is 5.91 Å². The van der Waals surface area contributed by atoms with E-state index in [0.29, 0.717) is 23.7 Å². The van der Waals surface area contributed by atoms with Crippen LogP contribution < -0.4 is 5.73 Å². The Morgan fingerprint density at radius 3 is 2.64 bits per heavy atom. The van der Waals surface area contributed by atoms with Crippen LogP contribution in [0.3, 0.4) is 0 Å². The summed E-state index contributed by atoms with van der Waals surface area (Å²) in [4.78, 5) is 29.0. The minimum absolute atomic E-state index is 0.145. The van der Waals surface area contributed by atoms with E-state index in [4.69, 9.17) is 10.5 Å². The van der Waals surface area contributed by atoms with Gasteiger partial charge in [-0.25, -0.2) is 4.79 Å². The monoisotopic (exact) mass is 325 g/mol. The van der Waals surface area contributed by atoms with Crippen LogP contribution in [0.25, 0.3) is 0 Å². The summed E-state index contributed by atoms with van der Waals surface area (Å²) in [7, 11) is 1.36. The molecular formula is C15H23N3O3S. The van der Waals surface area contributed by atoms with Gasteiger partial charge in [0.15, 0.2) is 0 Å². The number of nitrogens with zero attached hydrogens (tertiary/aromatic N) is 2. The average Bonchev–Trinajstić information content (AvgIpc) is 2.82. The smallest absolute Gasteiger partial charge is 0.341 e. The molecule has 0 spiro atoms. The molecule has 0 saturated heterocycles. The first-order valence-corrected chi connectivity index (χ1v) is 8.31. The molecule has 2 rings (SSSR count). The van der Waals surface area contributed by atoms with E-state index in [1.807, 2.05) is 18.7 Å². The summed E-state index contributed by atoms with van der Waals surface area (Å²) in [6.07, 6.45) is 0.721. The third-order valence-corrected chi connectivity index (χ3v) is 5.07. The summed E-state index contributed by atoms with van der Waals surface area (Å²) in [6, 6.07) is 0. The van der Waals surface area contributed by atoms with Crippen molar-refractivity contribution in [2.24, 2.45) is 0 Å². The number of amides is 1. The number of rotatable bonds is 5. The van der Waals surface area contributed by atoms with Crippen LogP contribution in [-0.2, 0) is 22.5 Å². The Balaban J connectivity index is 2.10. The summed E-state index contributed by atoms with van der Waals surface area (Å²) >= 11 is 1.42. The van der Waals surface area contributed by atoms with Crippen LogP contribution in [0.2, 0.25) is 0 Å². The highest BCUT2D eigenvalue weighted by Crippen LogP contribution is 2.35. The zero-order valence-corrected chi connectivity index (χ0v) is 14.2. The molecule has 2 heterocycles. The second-order valence-electron chi connectivity index (χ2n) is 5.26. The Morgan fingerprint density at radius 2 is 2.05 bits per heavy atom. The van der Waals surface area contributed by atoms with E-state index in [2.05, 4.69) is 4.90 Å². The summed E-state index contributed by atoms with van der Waals surface area (Å²) in [5.74, 6) is -0.228. The molecule has 1 amide bonds. The van der Waals surface area contributed by atoms with Crippen LogP contribution in [0.15, 0.2) is 0 Å². The van der Waals surface area contributed by atoms with Gasteiger partial charge in [0.05, 0.1) is 19.2 Å². The number of ether oxygens (including phenoxy) is 1. The maximum Gasteiger partial charge on any atom is 0.341 e. The summed E-state index contributed by atoms with van der Waals surface area (Å²) < 4.78 is 4.81. The SMILES string of the molecule is CCN(CC)C(=O)CN1CCc2c(sc(N)c2C(=O)OC)C1. The minimum Gasteiger partial charge on any atom is -0.465 e. The van der Waals surface area contributed by atoms with Gasteiger partial charge < -0.3 is 15.4 Å². The molecule has 7 heteroatoms. The van der Waals surface area contributed by atoms with Gasteiger partial charge >= 0.3 is 5.97 Å². The number of esters is 1. The molecule has 2 N–H and O–H groups in total. The van der Waals surface area contributed by atoms with E-state index in [9.17, 15) is 9.59 Å². The summed E-state index contributed by atoms with van der Waals surface area (Å²) in [5.41, 5.74) is 7.46. The lowest BCUT2D eigenvalue weighted by atomic mass is 10.0. The first-order valence-electron chi connectivity index (χ1n) is 7.50. The lowest BCUT2D eigenvalue weighted by Gasteiger charge is -2.29. The highest BCUT2D eigenvalue weighted by Gasteiger charge is 2.28. The fourth-order valence-corrected chi connectivity index (χ4v) is 3.95. The van der Waals surface area contributed by atoms with E-state index < -0.39 is 0 Å². The van der Waals surface area contributed by atoms with Crippen molar-refractivity contribution in [2.45, 2.75) is 26.8 Å². The molecule has 0 unspecified atom stereocenters. The molecule has 122 valence electrons. The summed E-state index contributed by atoms with van der Waals surface area (Å²) in [5, 5.41) is 0.508. The van der Waals surface area contributed by atoms with Gasteiger partial charge in [0.1, 0.15) is 5.00 Å². The number of methoxy groups -OCH3 is 1. The van der Waals surface area contributed by atoms with Crippen molar-refractivity contribution < 1.29 is 14.3 Å². The Kier molecular flexibility index (Phi) is 5.42. The van der Waals surface area contributed by atoms with Crippen LogP contribution in [-0.4, -0.2) is 55.0 Å². The molecular weight excluding hydrogens is 302 g/mol. The Hall–Kier alpha value is -1.60. The first-order chi connectivity index (χ1) is 10.5. The molecule has 6 nitrogen and oxygen atoms in total.